The summed E-state index contributed by atoms with van der Waals surface area (Å²) in [4.78, 5) is 0. The van der Waals surface area contributed by atoms with Crippen molar-refractivity contribution >= 4 is 10.9 Å². The Bertz CT molecular complexity index is 557. The van der Waals surface area contributed by atoms with Crippen LogP contribution in [0.2, 0.25) is 0 Å². The van der Waals surface area contributed by atoms with Crippen molar-refractivity contribution in [2.45, 2.75) is 19.4 Å². The number of rotatable bonds is 1. The van der Waals surface area contributed by atoms with Gasteiger partial charge >= 0.3 is 0 Å². The van der Waals surface area contributed by atoms with E-state index in [-0.39, 0.29) is 0 Å². The molecule has 0 bridgehead atoms. The Labute approximate surface area is 101 Å². The lowest BCUT2D eigenvalue weighted by molar-refractivity contribution is 0.415. The SMILES string of the molecule is COc1ccc2c3c(n(C)c2c1)CNCCC3. The quantitative estimate of drug-likeness (QED) is 0.813. The third-order valence-corrected chi connectivity index (χ3v) is 3.72. The van der Waals surface area contributed by atoms with Gasteiger partial charge in [-0.15, -0.1) is 0 Å². The number of benzene rings is 1. The van der Waals surface area contributed by atoms with Crippen LogP contribution >= 0.6 is 0 Å². The van der Waals surface area contributed by atoms with Crippen LogP contribution < -0.4 is 10.1 Å². The number of nitrogens with one attached hydrogen (secondary N) is 1. The first-order chi connectivity index (χ1) is 8.31. The molecule has 90 valence electrons. The fourth-order valence-corrected chi connectivity index (χ4v) is 2.78. The summed E-state index contributed by atoms with van der Waals surface area (Å²) in [6.45, 7) is 2.09. The molecular weight excluding hydrogens is 212 g/mol. The molecule has 0 fully saturated rings. The maximum absolute atomic E-state index is 5.31. The van der Waals surface area contributed by atoms with E-state index in [1.54, 1.807) is 7.11 Å². The Morgan fingerprint density at radius 3 is 3.06 bits per heavy atom. The number of methoxy groups -OCH3 is 1. The summed E-state index contributed by atoms with van der Waals surface area (Å²) in [5.74, 6) is 0.932. The van der Waals surface area contributed by atoms with Crippen molar-refractivity contribution in [1.82, 2.24) is 9.88 Å². The lowest BCUT2D eigenvalue weighted by Gasteiger charge is -2.05. The molecule has 3 nitrogen and oxygen atoms in total. The van der Waals surface area contributed by atoms with Gasteiger partial charge in [-0.05, 0) is 37.1 Å². The zero-order chi connectivity index (χ0) is 11.8. The lowest BCUT2D eigenvalue weighted by atomic mass is 10.1. The Balaban J connectivity index is 2.25. The van der Waals surface area contributed by atoms with Crippen LogP contribution in [0.5, 0.6) is 5.75 Å². The van der Waals surface area contributed by atoms with Gasteiger partial charge in [0, 0.05) is 30.7 Å². The Morgan fingerprint density at radius 2 is 2.24 bits per heavy atom. The van der Waals surface area contributed by atoms with Crippen molar-refractivity contribution in [3.63, 3.8) is 0 Å². The van der Waals surface area contributed by atoms with Crippen molar-refractivity contribution in [3.05, 3.63) is 29.5 Å². The number of hydrogen-bond acceptors (Lipinski definition) is 2. The van der Waals surface area contributed by atoms with Crippen LogP contribution in [-0.4, -0.2) is 18.2 Å². The fourth-order valence-electron chi connectivity index (χ4n) is 2.78. The summed E-state index contributed by atoms with van der Waals surface area (Å²) < 4.78 is 7.60. The summed E-state index contributed by atoms with van der Waals surface area (Å²) in [6, 6.07) is 6.38. The maximum Gasteiger partial charge on any atom is 0.120 e. The molecule has 0 saturated carbocycles. The molecule has 0 radical (unpaired) electrons. The molecule has 0 spiro atoms. The summed E-state index contributed by atoms with van der Waals surface area (Å²) in [5.41, 5.74) is 4.21. The van der Waals surface area contributed by atoms with E-state index in [1.807, 2.05) is 0 Å². The van der Waals surface area contributed by atoms with Gasteiger partial charge in [0.1, 0.15) is 5.75 Å². The summed E-state index contributed by atoms with van der Waals surface area (Å²) in [6.07, 6.45) is 2.39. The molecule has 0 saturated heterocycles. The van der Waals surface area contributed by atoms with Crippen molar-refractivity contribution < 1.29 is 4.74 Å². The number of nitrogens with zero attached hydrogens (tertiary/aromatic N) is 1. The zero-order valence-electron chi connectivity index (χ0n) is 10.4. The van der Waals surface area contributed by atoms with Crippen LogP contribution in [0.4, 0.5) is 0 Å². The third kappa shape index (κ3) is 1.62. The highest BCUT2D eigenvalue weighted by atomic mass is 16.5. The zero-order valence-corrected chi connectivity index (χ0v) is 10.4. The second-order valence-corrected chi connectivity index (χ2v) is 4.65. The van der Waals surface area contributed by atoms with Gasteiger partial charge in [0.15, 0.2) is 0 Å². The molecule has 1 aliphatic rings. The summed E-state index contributed by atoms with van der Waals surface area (Å²) >= 11 is 0. The molecule has 3 heteroatoms. The third-order valence-electron chi connectivity index (χ3n) is 3.72. The van der Waals surface area contributed by atoms with E-state index in [4.69, 9.17) is 4.74 Å². The van der Waals surface area contributed by atoms with Crippen molar-refractivity contribution in [2.24, 2.45) is 7.05 Å². The number of hydrogen-bond donors (Lipinski definition) is 1. The molecule has 1 aliphatic heterocycles. The van der Waals surface area contributed by atoms with Crippen molar-refractivity contribution in [1.29, 1.82) is 0 Å². The molecule has 17 heavy (non-hydrogen) atoms. The topological polar surface area (TPSA) is 26.2 Å². The fraction of sp³-hybridized carbons (Fsp3) is 0.429. The maximum atomic E-state index is 5.31. The molecule has 0 unspecified atom stereocenters. The minimum absolute atomic E-state index is 0.932. The van der Waals surface area contributed by atoms with Crippen molar-refractivity contribution in [3.8, 4) is 5.75 Å². The van der Waals surface area contributed by atoms with E-state index in [2.05, 4.69) is 35.1 Å². The number of aryl methyl sites for hydroxylation is 2. The molecule has 2 heterocycles. The molecule has 3 rings (SSSR count). The molecule has 1 aromatic heterocycles. The van der Waals surface area contributed by atoms with Crippen LogP contribution in [-0.2, 0) is 20.0 Å². The highest BCUT2D eigenvalue weighted by molar-refractivity contribution is 5.86. The minimum atomic E-state index is 0.932. The highest BCUT2D eigenvalue weighted by Gasteiger charge is 2.16. The van der Waals surface area contributed by atoms with E-state index in [0.717, 1.165) is 18.8 Å². The molecule has 0 aliphatic carbocycles. The van der Waals surface area contributed by atoms with Crippen molar-refractivity contribution in [2.75, 3.05) is 13.7 Å². The molecule has 1 aromatic carbocycles. The Morgan fingerprint density at radius 1 is 1.35 bits per heavy atom. The second-order valence-electron chi connectivity index (χ2n) is 4.65. The second kappa shape index (κ2) is 4.08. The minimum Gasteiger partial charge on any atom is -0.497 e. The van der Waals surface area contributed by atoms with Crippen LogP contribution in [0.3, 0.4) is 0 Å². The van der Waals surface area contributed by atoms with Gasteiger partial charge in [-0.3, -0.25) is 0 Å². The van der Waals surface area contributed by atoms with Crippen LogP contribution in [0.1, 0.15) is 17.7 Å². The van der Waals surface area contributed by atoms with E-state index >= 15 is 0 Å². The molecule has 0 amide bonds. The monoisotopic (exact) mass is 230 g/mol. The van der Waals surface area contributed by atoms with Gasteiger partial charge in [-0.25, -0.2) is 0 Å². The van der Waals surface area contributed by atoms with E-state index in [0.29, 0.717) is 0 Å². The summed E-state index contributed by atoms with van der Waals surface area (Å²) in [7, 11) is 3.87. The Hall–Kier alpha value is -1.48. The number of aromatic nitrogens is 1. The van der Waals surface area contributed by atoms with Gasteiger partial charge in [-0.1, -0.05) is 0 Å². The van der Waals surface area contributed by atoms with E-state index in [1.165, 1.54) is 35.0 Å². The predicted octanol–water partition coefficient (Wildman–Crippen LogP) is 2.22. The van der Waals surface area contributed by atoms with Crippen LogP contribution in [0.15, 0.2) is 18.2 Å². The summed E-state index contributed by atoms with van der Waals surface area (Å²) in [5, 5.41) is 4.86. The lowest BCUT2D eigenvalue weighted by Crippen LogP contribution is -2.14. The Kier molecular flexibility index (Phi) is 2.56. The average Bonchev–Trinajstić information content (AvgIpc) is 2.57. The van der Waals surface area contributed by atoms with E-state index in [9.17, 15) is 0 Å². The first kappa shape index (κ1) is 10.7. The van der Waals surface area contributed by atoms with Gasteiger partial charge in [0.25, 0.3) is 0 Å². The molecule has 0 atom stereocenters. The van der Waals surface area contributed by atoms with Gasteiger partial charge in [0.05, 0.1) is 12.6 Å². The average molecular weight is 230 g/mol. The molecular formula is C14H18N2O. The normalized spacial score (nSPS) is 15.6. The van der Waals surface area contributed by atoms with Gasteiger partial charge < -0.3 is 14.6 Å². The number of ether oxygens (including phenoxy) is 1. The standard InChI is InChI=1S/C14H18N2O/c1-16-13-8-10(17-2)5-6-12(13)11-4-3-7-15-9-14(11)16/h5-6,8,15H,3-4,7,9H2,1-2H3. The largest absolute Gasteiger partial charge is 0.497 e. The number of fused-ring (bicyclic) bond motifs is 3. The van der Waals surface area contributed by atoms with E-state index < -0.39 is 0 Å². The predicted molar refractivity (Wildman–Crippen MR) is 69.5 cm³/mol. The molecule has 1 N–H and O–H groups in total. The smallest absolute Gasteiger partial charge is 0.120 e. The molecule has 2 aromatic rings. The highest BCUT2D eigenvalue weighted by Crippen LogP contribution is 2.30. The van der Waals surface area contributed by atoms with Crippen LogP contribution in [0.25, 0.3) is 10.9 Å². The van der Waals surface area contributed by atoms with Gasteiger partial charge in [0.2, 0.25) is 0 Å². The van der Waals surface area contributed by atoms with Crippen LogP contribution in [0, 0.1) is 0 Å². The first-order valence-electron chi connectivity index (χ1n) is 6.16. The first-order valence-corrected chi connectivity index (χ1v) is 6.16. The van der Waals surface area contributed by atoms with Gasteiger partial charge in [-0.2, -0.15) is 0 Å².